The maximum atomic E-state index is 11.9. The summed E-state index contributed by atoms with van der Waals surface area (Å²) in [6.07, 6.45) is 3.01. The molecule has 26 heavy (non-hydrogen) atoms. The maximum absolute atomic E-state index is 11.9. The molecule has 0 fully saturated rings. The molecule has 0 unspecified atom stereocenters. The van der Waals surface area contributed by atoms with Crippen LogP contribution < -0.4 is 32.1 Å². The zero-order chi connectivity index (χ0) is 17.4. The first kappa shape index (κ1) is 23.8. The van der Waals surface area contributed by atoms with E-state index in [2.05, 4.69) is 9.98 Å². The number of rotatable bonds is 7. The van der Waals surface area contributed by atoms with Crippen LogP contribution in [0.15, 0.2) is 46.4 Å². The molecular formula is C18H18ClMnN2O4-. The number of halogens is 1. The van der Waals surface area contributed by atoms with Gasteiger partial charge in [0.1, 0.15) is 11.5 Å². The molecule has 2 aromatic carbocycles. The molecule has 1 radical (unpaired) electrons. The van der Waals surface area contributed by atoms with Gasteiger partial charge in [0.2, 0.25) is 0 Å². The van der Waals surface area contributed by atoms with Crippen LogP contribution in [0.3, 0.4) is 0 Å². The summed E-state index contributed by atoms with van der Waals surface area (Å²) in [5.41, 5.74) is 0.931. The van der Waals surface area contributed by atoms with Gasteiger partial charge in [-0.25, -0.2) is 0 Å². The van der Waals surface area contributed by atoms with Gasteiger partial charge in [-0.1, -0.05) is 35.8 Å². The summed E-state index contributed by atoms with van der Waals surface area (Å²) in [6, 6.07) is 10.0. The molecular weight excluding hydrogens is 399 g/mol. The van der Waals surface area contributed by atoms with Gasteiger partial charge < -0.3 is 32.1 Å². The molecule has 0 saturated heterocycles. The number of para-hydroxylation sites is 2. The number of ether oxygens (including phenoxy) is 2. The predicted octanol–water partition coefficient (Wildman–Crippen LogP) is -1.61. The van der Waals surface area contributed by atoms with E-state index in [0.717, 1.165) is 0 Å². The molecule has 0 heterocycles. The summed E-state index contributed by atoms with van der Waals surface area (Å²) in [5, 5.41) is 23.8. The molecule has 6 nitrogen and oxygen atoms in total. The minimum absolute atomic E-state index is 0. The van der Waals surface area contributed by atoms with Gasteiger partial charge in [0.25, 0.3) is 0 Å². The smallest absolute Gasteiger partial charge is 1.00 e. The summed E-state index contributed by atoms with van der Waals surface area (Å²) in [6.45, 7) is 0.816. The standard InChI is InChI=1S/C18H20N2O4.ClH.Mn/c1-23-15-7-3-5-13(17(15)21)11-19-9-10-20-12-14-6-4-8-16(24-2)18(14)22;;/h3-8,11-12,21-22H,9-10H2,1-2H3;1H;/q;;+2/p-3. The van der Waals surface area contributed by atoms with Crippen LogP contribution in [0.5, 0.6) is 23.0 Å². The fraction of sp³-hybridized carbons (Fsp3) is 0.222. The zero-order valence-electron chi connectivity index (χ0n) is 14.3. The number of benzene rings is 2. The van der Waals surface area contributed by atoms with E-state index in [1.807, 2.05) is 0 Å². The number of hydrogen-bond donors (Lipinski definition) is 0. The average molecular weight is 417 g/mol. The Labute approximate surface area is 169 Å². The fourth-order valence-electron chi connectivity index (χ4n) is 2.03. The second-order valence-corrected chi connectivity index (χ2v) is 4.83. The molecule has 0 aromatic heterocycles. The number of aliphatic imine (C=N–C) groups is 2. The molecule has 0 amide bonds. The van der Waals surface area contributed by atoms with Crippen molar-refractivity contribution in [1.82, 2.24) is 0 Å². The van der Waals surface area contributed by atoms with Crippen LogP contribution in [0.4, 0.5) is 0 Å². The Morgan fingerprint density at radius 1 is 0.808 bits per heavy atom. The molecule has 8 heteroatoms. The van der Waals surface area contributed by atoms with Crippen LogP contribution in [-0.2, 0) is 17.1 Å². The topological polar surface area (TPSA) is 89.3 Å². The van der Waals surface area contributed by atoms with E-state index in [4.69, 9.17) is 9.47 Å². The van der Waals surface area contributed by atoms with Gasteiger partial charge in [-0.2, -0.15) is 0 Å². The van der Waals surface area contributed by atoms with Crippen LogP contribution >= 0.6 is 0 Å². The summed E-state index contributed by atoms with van der Waals surface area (Å²) in [4.78, 5) is 8.34. The van der Waals surface area contributed by atoms with Crippen LogP contribution in [-0.4, -0.2) is 39.7 Å². The minimum Gasteiger partial charge on any atom is -1.00 e. The first-order valence-electron chi connectivity index (χ1n) is 7.35. The predicted molar refractivity (Wildman–Crippen MR) is 89.8 cm³/mol. The van der Waals surface area contributed by atoms with E-state index in [0.29, 0.717) is 24.2 Å². The van der Waals surface area contributed by atoms with Crippen molar-refractivity contribution in [2.45, 2.75) is 0 Å². The van der Waals surface area contributed by atoms with Crippen LogP contribution in [0.25, 0.3) is 0 Å². The van der Waals surface area contributed by atoms with E-state index in [1.165, 1.54) is 26.6 Å². The molecule has 139 valence electrons. The molecule has 0 bridgehead atoms. The van der Waals surface area contributed by atoms with Crippen molar-refractivity contribution in [2.75, 3.05) is 27.3 Å². The maximum Gasteiger partial charge on any atom is 2.00 e. The van der Waals surface area contributed by atoms with Gasteiger partial charge in [-0.15, -0.1) is 0 Å². The average Bonchev–Trinajstić information content (AvgIpc) is 2.60. The zero-order valence-corrected chi connectivity index (χ0v) is 16.3. The summed E-state index contributed by atoms with van der Waals surface area (Å²) in [7, 11) is 2.91. The fourth-order valence-corrected chi connectivity index (χ4v) is 2.03. The summed E-state index contributed by atoms with van der Waals surface area (Å²) >= 11 is 0. The second-order valence-electron chi connectivity index (χ2n) is 4.83. The Bertz CT molecular complexity index is 690. The van der Waals surface area contributed by atoms with E-state index in [-0.39, 0.29) is 52.5 Å². The van der Waals surface area contributed by atoms with E-state index < -0.39 is 0 Å². The third-order valence-corrected chi connectivity index (χ3v) is 3.28. The first-order chi connectivity index (χ1) is 11.7. The third kappa shape index (κ3) is 6.26. The van der Waals surface area contributed by atoms with E-state index in [1.54, 1.807) is 36.4 Å². The number of nitrogens with zero attached hydrogens (tertiary/aromatic N) is 2. The molecule has 0 aliphatic rings. The van der Waals surface area contributed by atoms with Gasteiger partial charge >= 0.3 is 17.1 Å². The first-order valence-corrected chi connectivity index (χ1v) is 7.35. The Balaban J connectivity index is 0.00000312. The van der Waals surface area contributed by atoms with Crippen molar-refractivity contribution >= 4 is 12.4 Å². The minimum atomic E-state index is -0.195. The second kappa shape index (κ2) is 12.2. The SMILES string of the molecule is COc1cccc(C=NCCN=Cc2cccc(OC)c2[O-])c1[O-].[Cl-].[Mn+2]. The van der Waals surface area contributed by atoms with Crippen molar-refractivity contribution in [3.63, 3.8) is 0 Å². The Morgan fingerprint density at radius 2 is 1.19 bits per heavy atom. The van der Waals surface area contributed by atoms with Crippen molar-refractivity contribution in [2.24, 2.45) is 9.98 Å². The van der Waals surface area contributed by atoms with Gasteiger partial charge in [0, 0.05) is 12.4 Å². The van der Waals surface area contributed by atoms with Crippen molar-refractivity contribution in [3.05, 3.63) is 47.5 Å². The largest absolute Gasteiger partial charge is 2.00 e. The van der Waals surface area contributed by atoms with Gasteiger partial charge in [-0.05, 0) is 23.3 Å². The Kier molecular flexibility index (Phi) is 11.2. The molecule has 0 N–H and O–H groups in total. The van der Waals surface area contributed by atoms with Gasteiger partial charge in [-0.3, -0.25) is 9.98 Å². The number of hydrogen-bond acceptors (Lipinski definition) is 6. The molecule has 0 spiro atoms. The molecule has 2 aromatic rings. The van der Waals surface area contributed by atoms with Gasteiger partial charge in [0.05, 0.1) is 27.3 Å². The molecule has 2 rings (SSSR count). The quantitative estimate of drug-likeness (QED) is 0.309. The van der Waals surface area contributed by atoms with Crippen molar-refractivity contribution in [3.8, 4) is 23.0 Å². The van der Waals surface area contributed by atoms with E-state index in [9.17, 15) is 10.2 Å². The van der Waals surface area contributed by atoms with Crippen LogP contribution in [0.2, 0.25) is 0 Å². The molecule has 0 saturated carbocycles. The van der Waals surface area contributed by atoms with E-state index >= 15 is 0 Å². The summed E-state index contributed by atoms with van der Waals surface area (Å²) < 4.78 is 9.94. The van der Waals surface area contributed by atoms with Crippen LogP contribution in [0, 0.1) is 0 Å². The van der Waals surface area contributed by atoms with Gasteiger partial charge in [0.15, 0.2) is 0 Å². The Hall–Kier alpha value is -2.21. The molecule has 0 aliphatic heterocycles. The van der Waals surface area contributed by atoms with Crippen molar-refractivity contribution < 1.29 is 49.2 Å². The third-order valence-electron chi connectivity index (χ3n) is 3.28. The number of methoxy groups -OCH3 is 2. The molecule has 0 aliphatic carbocycles. The normalized spacial score (nSPS) is 10.4. The Morgan fingerprint density at radius 3 is 1.54 bits per heavy atom. The monoisotopic (exact) mass is 416 g/mol. The van der Waals surface area contributed by atoms with Crippen molar-refractivity contribution in [1.29, 1.82) is 0 Å². The van der Waals surface area contributed by atoms with Crippen LogP contribution in [0.1, 0.15) is 11.1 Å². The molecule has 0 atom stereocenters. The summed E-state index contributed by atoms with van der Waals surface area (Å²) in [5.74, 6) is 0.190.